The topological polar surface area (TPSA) is 71.1 Å². The van der Waals surface area contributed by atoms with Gasteiger partial charge in [-0.25, -0.2) is 4.79 Å². The van der Waals surface area contributed by atoms with Gasteiger partial charge in [-0.3, -0.25) is 4.79 Å². The van der Waals surface area contributed by atoms with E-state index in [1.807, 2.05) is 6.07 Å². The van der Waals surface area contributed by atoms with Gasteiger partial charge in [-0.2, -0.15) is 0 Å². The molecule has 0 N–H and O–H groups in total. The fourth-order valence-corrected chi connectivity index (χ4v) is 2.93. The molecule has 3 aromatic rings. The number of carbonyl (C=O) groups excluding carboxylic acids is 2. The van der Waals surface area contributed by atoms with Crippen LogP contribution in [0.25, 0.3) is 6.08 Å². The number of para-hydroxylation sites is 1. The van der Waals surface area contributed by atoms with Crippen molar-refractivity contribution in [1.29, 1.82) is 0 Å². The second-order valence-electron chi connectivity index (χ2n) is 6.40. The molecule has 0 heterocycles. The summed E-state index contributed by atoms with van der Waals surface area (Å²) in [6.45, 7) is 0. The summed E-state index contributed by atoms with van der Waals surface area (Å²) in [4.78, 5) is 25.1. The lowest BCUT2D eigenvalue weighted by Crippen LogP contribution is -2.10. The summed E-state index contributed by atoms with van der Waals surface area (Å²) in [5, 5.41) is 0. The second-order valence-corrected chi connectivity index (χ2v) is 6.40. The van der Waals surface area contributed by atoms with Gasteiger partial charge in [0.2, 0.25) is 5.75 Å². The highest BCUT2D eigenvalue weighted by atomic mass is 16.5. The molecule has 0 fully saturated rings. The Bertz CT molecular complexity index is 1080. The number of allylic oxidation sites excluding steroid dienone is 1. The summed E-state index contributed by atoms with van der Waals surface area (Å²) in [5.41, 5.74) is 1.40. The van der Waals surface area contributed by atoms with Gasteiger partial charge in [0.05, 0.1) is 26.9 Å². The molecule has 0 aliphatic heterocycles. The van der Waals surface area contributed by atoms with Crippen molar-refractivity contribution in [3.63, 3.8) is 0 Å². The van der Waals surface area contributed by atoms with Gasteiger partial charge in [0.1, 0.15) is 5.75 Å². The van der Waals surface area contributed by atoms with Crippen molar-refractivity contribution in [2.75, 3.05) is 21.3 Å². The first kappa shape index (κ1) is 21.6. The first-order valence-electron chi connectivity index (χ1n) is 9.46. The lowest BCUT2D eigenvalue weighted by Gasteiger charge is -2.14. The van der Waals surface area contributed by atoms with Crippen molar-refractivity contribution >= 4 is 17.8 Å². The average Bonchev–Trinajstić information content (AvgIpc) is 2.82. The molecule has 3 rings (SSSR count). The van der Waals surface area contributed by atoms with E-state index < -0.39 is 5.97 Å². The van der Waals surface area contributed by atoms with E-state index in [-0.39, 0.29) is 11.3 Å². The van der Waals surface area contributed by atoms with Gasteiger partial charge in [-0.15, -0.1) is 0 Å². The smallest absolute Gasteiger partial charge is 0.343 e. The van der Waals surface area contributed by atoms with E-state index in [0.29, 0.717) is 34.1 Å². The van der Waals surface area contributed by atoms with Gasteiger partial charge in [0.15, 0.2) is 17.3 Å². The van der Waals surface area contributed by atoms with E-state index in [9.17, 15) is 9.59 Å². The van der Waals surface area contributed by atoms with Gasteiger partial charge >= 0.3 is 5.97 Å². The van der Waals surface area contributed by atoms with Crippen molar-refractivity contribution in [1.82, 2.24) is 0 Å². The van der Waals surface area contributed by atoms with Crippen LogP contribution in [0.4, 0.5) is 0 Å². The van der Waals surface area contributed by atoms with E-state index in [1.165, 1.54) is 39.5 Å². The molecule has 0 unspecified atom stereocenters. The van der Waals surface area contributed by atoms with Crippen LogP contribution < -0.4 is 18.9 Å². The highest BCUT2D eigenvalue weighted by Gasteiger charge is 2.19. The summed E-state index contributed by atoms with van der Waals surface area (Å²) in [7, 11) is 4.42. The molecule has 0 bridgehead atoms. The van der Waals surface area contributed by atoms with E-state index >= 15 is 0 Å². The van der Waals surface area contributed by atoms with Crippen LogP contribution in [0.2, 0.25) is 0 Å². The molecular formula is C25H22O6. The van der Waals surface area contributed by atoms with Crippen LogP contribution >= 0.6 is 0 Å². The average molecular weight is 418 g/mol. The van der Waals surface area contributed by atoms with Gasteiger partial charge in [0.25, 0.3) is 0 Å². The zero-order valence-electron chi connectivity index (χ0n) is 17.5. The number of benzene rings is 3. The van der Waals surface area contributed by atoms with Crippen LogP contribution in [0.15, 0.2) is 72.8 Å². The Morgan fingerprint density at radius 3 is 1.94 bits per heavy atom. The number of esters is 1. The molecule has 0 spiro atoms. The van der Waals surface area contributed by atoms with Gasteiger partial charge in [-0.1, -0.05) is 48.5 Å². The molecule has 31 heavy (non-hydrogen) atoms. The van der Waals surface area contributed by atoms with Crippen molar-refractivity contribution in [2.24, 2.45) is 0 Å². The Kier molecular flexibility index (Phi) is 7.06. The molecule has 3 aromatic carbocycles. The molecule has 0 saturated carbocycles. The molecule has 0 aromatic heterocycles. The predicted molar refractivity (Wildman–Crippen MR) is 117 cm³/mol. The monoisotopic (exact) mass is 418 g/mol. The Morgan fingerprint density at radius 2 is 1.32 bits per heavy atom. The molecular weight excluding hydrogens is 396 g/mol. The van der Waals surface area contributed by atoms with Gasteiger partial charge in [-0.05, 0) is 30.4 Å². The van der Waals surface area contributed by atoms with Crippen molar-refractivity contribution in [2.45, 2.75) is 0 Å². The Labute approximate surface area is 180 Å². The maximum Gasteiger partial charge on any atom is 0.343 e. The quantitative estimate of drug-likeness (QED) is 0.226. The Morgan fingerprint density at radius 1 is 0.710 bits per heavy atom. The number of carbonyl (C=O) groups is 2. The summed E-state index contributed by atoms with van der Waals surface area (Å²) in [6.07, 6.45) is 3.06. The highest BCUT2D eigenvalue weighted by Crippen LogP contribution is 2.38. The zero-order chi connectivity index (χ0) is 22.2. The van der Waals surface area contributed by atoms with Crippen LogP contribution in [0.3, 0.4) is 0 Å². The van der Waals surface area contributed by atoms with Crippen molar-refractivity contribution in [3.05, 3.63) is 89.5 Å². The van der Waals surface area contributed by atoms with Crippen LogP contribution in [0.1, 0.15) is 26.3 Å². The standard InChI is InChI=1S/C25H22O6/c1-28-22-15-19(16-23(29-2)24(22)30-3)25(27)31-21-12-8-7-11-18(21)13-14-20(26)17-9-5-4-6-10-17/h4-16H,1-3H3. The normalized spacial score (nSPS) is 10.5. The molecule has 6 heteroatoms. The molecule has 158 valence electrons. The predicted octanol–water partition coefficient (Wildman–Crippen LogP) is 4.83. The van der Waals surface area contributed by atoms with Crippen LogP contribution in [-0.4, -0.2) is 33.1 Å². The maximum absolute atomic E-state index is 12.8. The number of ether oxygens (including phenoxy) is 4. The lowest BCUT2D eigenvalue weighted by atomic mass is 10.1. The number of methoxy groups -OCH3 is 3. The maximum atomic E-state index is 12.8. The summed E-state index contributed by atoms with van der Waals surface area (Å²) in [6, 6.07) is 18.9. The van der Waals surface area contributed by atoms with Gasteiger partial charge in [0, 0.05) is 11.1 Å². The van der Waals surface area contributed by atoms with E-state index in [1.54, 1.807) is 54.6 Å². The first-order valence-corrected chi connectivity index (χ1v) is 9.46. The lowest BCUT2D eigenvalue weighted by molar-refractivity contribution is 0.0733. The molecule has 0 amide bonds. The number of hydrogen-bond acceptors (Lipinski definition) is 6. The first-order chi connectivity index (χ1) is 15.1. The fraction of sp³-hybridized carbons (Fsp3) is 0.120. The van der Waals surface area contributed by atoms with Crippen LogP contribution in [-0.2, 0) is 0 Å². The van der Waals surface area contributed by atoms with E-state index in [4.69, 9.17) is 18.9 Å². The third-order valence-electron chi connectivity index (χ3n) is 4.49. The largest absolute Gasteiger partial charge is 0.493 e. The van der Waals surface area contributed by atoms with Crippen LogP contribution in [0, 0.1) is 0 Å². The third-order valence-corrected chi connectivity index (χ3v) is 4.49. The molecule has 0 radical (unpaired) electrons. The Balaban J connectivity index is 1.85. The number of ketones is 1. The zero-order valence-corrected chi connectivity index (χ0v) is 17.5. The number of hydrogen-bond donors (Lipinski definition) is 0. The summed E-state index contributed by atoms with van der Waals surface area (Å²) in [5.74, 6) is 0.634. The van der Waals surface area contributed by atoms with Crippen molar-refractivity contribution in [3.8, 4) is 23.0 Å². The SMILES string of the molecule is COc1cc(C(=O)Oc2ccccc2C=CC(=O)c2ccccc2)cc(OC)c1OC. The molecule has 0 aliphatic rings. The minimum atomic E-state index is -0.602. The minimum Gasteiger partial charge on any atom is -0.493 e. The molecule has 0 saturated heterocycles. The number of rotatable bonds is 8. The third kappa shape index (κ3) is 5.11. The van der Waals surface area contributed by atoms with Crippen molar-refractivity contribution < 1.29 is 28.5 Å². The molecule has 0 atom stereocenters. The molecule has 6 nitrogen and oxygen atoms in total. The Hall–Kier alpha value is -4.06. The summed E-state index contributed by atoms with van der Waals surface area (Å²) < 4.78 is 21.4. The molecule has 0 aliphatic carbocycles. The summed E-state index contributed by atoms with van der Waals surface area (Å²) >= 11 is 0. The van der Waals surface area contributed by atoms with Gasteiger partial charge < -0.3 is 18.9 Å². The highest BCUT2D eigenvalue weighted by molar-refractivity contribution is 6.07. The minimum absolute atomic E-state index is 0.147. The van der Waals surface area contributed by atoms with E-state index in [2.05, 4.69) is 0 Å². The second kappa shape index (κ2) is 10.1. The fourth-order valence-electron chi connectivity index (χ4n) is 2.93. The van der Waals surface area contributed by atoms with Crippen LogP contribution in [0.5, 0.6) is 23.0 Å². The van der Waals surface area contributed by atoms with E-state index in [0.717, 1.165) is 0 Å².